The Morgan fingerprint density at radius 3 is 2.89 bits per heavy atom. The molecule has 0 bridgehead atoms. The zero-order chi connectivity index (χ0) is 13.8. The Kier molecular flexibility index (Phi) is 4.35. The van der Waals surface area contributed by atoms with Crippen LogP contribution in [0.5, 0.6) is 0 Å². The van der Waals surface area contributed by atoms with Crippen LogP contribution in [0, 0.1) is 0 Å². The van der Waals surface area contributed by atoms with E-state index in [-0.39, 0.29) is 24.2 Å². The number of aliphatic hydroxyl groups is 1. The highest BCUT2D eigenvalue weighted by atomic mass is 35.5. The van der Waals surface area contributed by atoms with Gasteiger partial charge in [-0.1, -0.05) is 42.8 Å². The van der Waals surface area contributed by atoms with Gasteiger partial charge in [-0.2, -0.15) is 0 Å². The molecule has 1 atom stereocenters. The fraction of sp³-hybridized carbons (Fsp3) is 0.286. The number of fused-ring (bicyclic) bond motifs is 1. The first-order valence-corrected chi connectivity index (χ1v) is 6.50. The van der Waals surface area contributed by atoms with Gasteiger partial charge in [0.15, 0.2) is 0 Å². The molecule has 1 aromatic carbocycles. The van der Waals surface area contributed by atoms with Crippen molar-refractivity contribution in [1.29, 1.82) is 0 Å². The predicted octanol–water partition coefficient (Wildman–Crippen LogP) is 2.39. The molecular weight excluding hydrogens is 264 g/mol. The van der Waals surface area contributed by atoms with Gasteiger partial charge < -0.3 is 10.4 Å². The van der Waals surface area contributed by atoms with Gasteiger partial charge in [0.1, 0.15) is 10.8 Å². The fourth-order valence-corrected chi connectivity index (χ4v) is 2.07. The Morgan fingerprint density at radius 2 is 2.21 bits per heavy atom. The number of aromatic nitrogens is 1. The second kappa shape index (κ2) is 5.99. The van der Waals surface area contributed by atoms with Crippen LogP contribution < -0.4 is 5.32 Å². The topological polar surface area (TPSA) is 62.2 Å². The van der Waals surface area contributed by atoms with E-state index < -0.39 is 0 Å². The summed E-state index contributed by atoms with van der Waals surface area (Å²) in [5, 5.41) is 13.8. The molecule has 19 heavy (non-hydrogen) atoms. The van der Waals surface area contributed by atoms with E-state index in [0.29, 0.717) is 11.6 Å². The average Bonchev–Trinajstić information content (AvgIpc) is 2.44. The van der Waals surface area contributed by atoms with Crippen LogP contribution in [0.15, 0.2) is 30.3 Å². The van der Waals surface area contributed by atoms with E-state index in [1.165, 1.54) is 0 Å². The van der Waals surface area contributed by atoms with Gasteiger partial charge in [0.2, 0.25) is 0 Å². The van der Waals surface area contributed by atoms with Crippen molar-refractivity contribution in [2.75, 3.05) is 6.61 Å². The first kappa shape index (κ1) is 13.8. The summed E-state index contributed by atoms with van der Waals surface area (Å²) in [6, 6.07) is 8.91. The molecule has 2 rings (SSSR count). The predicted molar refractivity (Wildman–Crippen MR) is 75.4 cm³/mol. The molecule has 0 aliphatic carbocycles. The summed E-state index contributed by atoms with van der Waals surface area (Å²) < 4.78 is 0. The van der Waals surface area contributed by atoms with Crippen molar-refractivity contribution in [3.05, 3.63) is 41.2 Å². The Labute approximate surface area is 116 Å². The van der Waals surface area contributed by atoms with Crippen LogP contribution in [0.25, 0.3) is 10.8 Å². The number of rotatable bonds is 4. The van der Waals surface area contributed by atoms with E-state index >= 15 is 0 Å². The lowest BCUT2D eigenvalue weighted by Crippen LogP contribution is -2.37. The minimum atomic E-state index is -0.325. The zero-order valence-electron chi connectivity index (χ0n) is 10.6. The Bertz CT molecular complexity index is 597. The first-order valence-electron chi connectivity index (χ1n) is 6.12. The number of aliphatic hydroxyl groups excluding tert-OH is 1. The van der Waals surface area contributed by atoms with Crippen LogP contribution in [0.3, 0.4) is 0 Å². The molecule has 0 radical (unpaired) electrons. The third-order valence-corrected chi connectivity index (χ3v) is 3.26. The summed E-state index contributed by atoms with van der Waals surface area (Å²) in [4.78, 5) is 16.1. The van der Waals surface area contributed by atoms with Crippen LogP contribution in [0.2, 0.25) is 5.15 Å². The molecule has 5 heteroatoms. The van der Waals surface area contributed by atoms with Gasteiger partial charge in [0.05, 0.1) is 12.6 Å². The molecule has 0 saturated heterocycles. The Hall–Kier alpha value is -1.65. The van der Waals surface area contributed by atoms with Crippen molar-refractivity contribution in [1.82, 2.24) is 10.3 Å². The second-order valence-electron chi connectivity index (χ2n) is 4.28. The highest BCUT2D eigenvalue weighted by Gasteiger charge is 2.14. The van der Waals surface area contributed by atoms with E-state index in [4.69, 9.17) is 16.7 Å². The molecule has 1 heterocycles. The van der Waals surface area contributed by atoms with Crippen molar-refractivity contribution < 1.29 is 9.90 Å². The molecular formula is C14H15ClN2O2. The van der Waals surface area contributed by atoms with Crippen LogP contribution in [-0.4, -0.2) is 28.6 Å². The number of nitrogens with one attached hydrogen (secondary N) is 1. The maximum atomic E-state index is 12.0. The third kappa shape index (κ3) is 3.03. The fourth-order valence-electron chi connectivity index (χ4n) is 1.81. The van der Waals surface area contributed by atoms with Crippen molar-refractivity contribution >= 4 is 28.3 Å². The summed E-state index contributed by atoms with van der Waals surface area (Å²) >= 11 is 6.07. The van der Waals surface area contributed by atoms with E-state index in [1.807, 2.05) is 31.2 Å². The molecule has 100 valence electrons. The van der Waals surface area contributed by atoms with Crippen molar-refractivity contribution in [3.8, 4) is 0 Å². The van der Waals surface area contributed by atoms with Crippen LogP contribution >= 0.6 is 11.6 Å². The lowest BCUT2D eigenvalue weighted by Gasteiger charge is -2.14. The van der Waals surface area contributed by atoms with Crippen LogP contribution in [-0.2, 0) is 0 Å². The summed E-state index contributed by atoms with van der Waals surface area (Å²) in [5.41, 5.74) is 0.260. The minimum Gasteiger partial charge on any atom is -0.394 e. The normalized spacial score (nSPS) is 12.4. The van der Waals surface area contributed by atoms with Gasteiger partial charge in [-0.25, -0.2) is 4.98 Å². The Balaban J connectivity index is 2.32. The van der Waals surface area contributed by atoms with Gasteiger partial charge in [-0.3, -0.25) is 4.79 Å². The second-order valence-corrected chi connectivity index (χ2v) is 4.64. The van der Waals surface area contributed by atoms with Gasteiger partial charge >= 0.3 is 0 Å². The quantitative estimate of drug-likeness (QED) is 0.844. The SMILES string of the molecule is CC[C@H](CO)NC(=O)c1cc2ccccc2c(Cl)n1. The van der Waals surface area contributed by atoms with Crippen molar-refractivity contribution in [2.24, 2.45) is 0 Å². The molecule has 4 nitrogen and oxygen atoms in total. The highest BCUT2D eigenvalue weighted by Crippen LogP contribution is 2.22. The number of nitrogens with zero attached hydrogens (tertiary/aromatic N) is 1. The van der Waals surface area contributed by atoms with Gasteiger partial charge in [-0.15, -0.1) is 0 Å². The van der Waals surface area contributed by atoms with E-state index in [2.05, 4.69) is 10.3 Å². The number of hydrogen-bond donors (Lipinski definition) is 2. The molecule has 0 unspecified atom stereocenters. The number of carbonyl (C=O) groups excluding carboxylic acids is 1. The average molecular weight is 279 g/mol. The lowest BCUT2D eigenvalue weighted by atomic mass is 10.1. The largest absolute Gasteiger partial charge is 0.394 e. The van der Waals surface area contributed by atoms with Gasteiger partial charge in [-0.05, 0) is 17.9 Å². The van der Waals surface area contributed by atoms with Crippen LogP contribution in [0.4, 0.5) is 0 Å². The van der Waals surface area contributed by atoms with E-state index in [0.717, 1.165) is 10.8 Å². The van der Waals surface area contributed by atoms with Gasteiger partial charge in [0.25, 0.3) is 5.91 Å². The maximum Gasteiger partial charge on any atom is 0.270 e. The number of hydrogen-bond acceptors (Lipinski definition) is 3. The van der Waals surface area contributed by atoms with Crippen molar-refractivity contribution in [2.45, 2.75) is 19.4 Å². The number of pyridine rings is 1. The number of amides is 1. The third-order valence-electron chi connectivity index (χ3n) is 2.97. The number of halogens is 1. The zero-order valence-corrected chi connectivity index (χ0v) is 11.3. The molecule has 0 aliphatic heterocycles. The molecule has 0 fully saturated rings. The molecule has 1 aromatic heterocycles. The smallest absolute Gasteiger partial charge is 0.270 e. The molecule has 0 saturated carbocycles. The first-order chi connectivity index (χ1) is 9.15. The highest BCUT2D eigenvalue weighted by molar-refractivity contribution is 6.34. The standard InChI is InChI=1S/C14H15ClN2O2/c1-2-10(8-18)16-14(19)12-7-9-5-3-4-6-11(9)13(15)17-12/h3-7,10,18H,2,8H2,1H3,(H,16,19)/t10-/m1/s1. The Morgan fingerprint density at radius 1 is 1.47 bits per heavy atom. The van der Waals surface area contributed by atoms with Crippen LogP contribution in [0.1, 0.15) is 23.8 Å². The summed E-state index contributed by atoms with van der Waals surface area (Å²) in [7, 11) is 0. The molecule has 1 amide bonds. The molecule has 0 aliphatic rings. The summed E-state index contributed by atoms with van der Waals surface area (Å²) in [6.07, 6.45) is 0.656. The molecule has 2 aromatic rings. The van der Waals surface area contributed by atoms with E-state index in [9.17, 15) is 4.79 Å². The lowest BCUT2D eigenvalue weighted by molar-refractivity contribution is 0.0910. The number of benzene rings is 1. The molecule has 0 spiro atoms. The summed E-state index contributed by atoms with van der Waals surface area (Å²) in [5.74, 6) is -0.325. The van der Waals surface area contributed by atoms with Crippen molar-refractivity contribution in [3.63, 3.8) is 0 Å². The molecule has 2 N–H and O–H groups in total. The van der Waals surface area contributed by atoms with Gasteiger partial charge in [0, 0.05) is 5.39 Å². The summed E-state index contributed by atoms with van der Waals surface area (Å²) in [6.45, 7) is 1.80. The monoisotopic (exact) mass is 278 g/mol. The minimum absolute atomic E-state index is 0.0937. The maximum absolute atomic E-state index is 12.0. The number of carbonyl (C=O) groups is 1. The van der Waals surface area contributed by atoms with E-state index in [1.54, 1.807) is 6.07 Å².